The third kappa shape index (κ3) is 5.33. The van der Waals surface area contributed by atoms with E-state index < -0.39 is 0 Å². The summed E-state index contributed by atoms with van der Waals surface area (Å²) in [6.45, 7) is 7.23. The highest BCUT2D eigenvalue weighted by molar-refractivity contribution is 8.00. The van der Waals surface area contributed by atoms with Gasteiger partial charge in [-0.1, -0.05) is 13.8 Å². The minimum atomic E-state index is 0.546. The summed E-state index contributed by atoms with van der Waals surface area (Å²) in [7, 11) is 0. The summed E-state index contributed by atoms with van der Waals surface area (Å²) < 4.78 is 10.7. The van der Waals surface area contributed by atoms with Gasteiger partial charge in [-0.25, -0.2) is 0 Å². The maximum atomic E-state index is 5.37. The van der Waals surface area contributed by atoms with Crippen molar-refractivity contribution in [1.29, 1.82) is 0 Å². The zero-order valence-corrected chi connectivity index (χ0v) is 17.7. The Balaban J connectivity index is 1.18. The SMILES string of the molecule is CC(C)(C1CCC(SCC2CO2)CC1)C1CCC(SCC2CO2)CC1. The molecule has 0 aromatic heterocycles. The largest absolute Gasteiger partial charge is 0.372 e. The van der Waals surface area contributed by atoms with E-state index in [0.29, 0.717) is 17.6 Å². The molecule has 0 bridgehead atoms. The molecule has 4 heteroatoms. The number of hydrogen-bond donors (Lipinski definition) is 0. The molecule has 2 aliphatic carbocycles. The van der Waals surface area contributed by atoms with Crippen LogP contribution in [-0.2, 0) is 9.47 Å². The molecule has 0 amide bonds. The Labute approximate surface area is 162 Å². The second-order valence-corrected chi connectivity index (χ2v) is 12.0. The minimum absolute atomic E-state index is 0.546. The van der Waals surface area contributed by atoms with Gasteiger partial charge in [0.1, 0.15) is 0 Å². The molecule has 4 rings (SSSR count). The van der Waals surface area contributed by atoms with Crippen LogP contribution in [0.5, 0.6) is 0 Å². The zero-order chi connectivity index (χ0) is 17.3. The lowest BCUT2D eigenvalue weighted by molar-refractivity contribution is 0.0608. The lowest BCUT2D eigenvalue weighted by Crippen LogP contribution is -2.38. The normalized spacial score (nSPS) is 41.5. The highest BCUT2D eigenvalue weighted by Crippen LogP contribution is 2.50. The van der Waals surface area contributed by atoms with Crippen LogP contribution in [0.2, 0.25) is 0 Å². The Morgan fingerprint density at radius 1 is 0.680 bits per heavy atom. The first-order valence-electron chi connectivity index (χ1n) is 10.6. The van der Waals surface area contributed by atoms with Crippen molar-refractivity contribution in [3.63, 3.8) is 0 Å². The van der Waals surface area contributed by atoms with Crippen LogP contribution in [0.4, 0.5) is 0 Å². The zero-order valence-electron chi connectivity index (χ0n) is 16.1. The first-order chi connectivity index (χ1) is 12.1. The highest BCUT2D eigenvalue weighted by Gasteiger charge is 2.41. The lowest BCUT2D eigenvalue weighted by Gasteiger charge is -2.46. The molecule has 25 heavy (non-hydrogen) atoms. The van der Waals surface area contributed by atoms with Crippen LogP contribution in [0.15, 0.2) is 0 Å². The van der Waals surface area contributed by atoms with Crippen molar-refractivity contribution in [3.05, 3.63) is 0 Å². The molecule has 2 heterocycles. The molecule has 2 atom stereocenters. The van der Waals surface area contributed by atoms with Gasteiger partial charge < -0.3 is 9.47 Å². The minimum Gasteiger partial charge on any atom is -0.372 e. The van der Waals surface area contributed by atoms with Gasteiger partial charge in [0.15, 0.2) is 0 Å². The number of rotatable bonds is 8. The fourth-order valence-corrected chi connectivity index (χ4v) is 7.67. The van der Waals surface area contributed by atoms with Crippen molar-refractivity contribution in [2.75, 3.05) is 24.7 Å². The summed E-state index contributed by atoms with van der Waals surface area (Å²) in [5, 5.41) is 1.82. The Hall–Kier alpha value is 0.620. The second-order valence-electron chi connectivity index (χ2n) is 9.35. The second kappa shape index (κ2) is 8.32. The molecule has 2 saturated carbocycles. The standard InChI is InChI=1S/C21H36O2S2/c1-21(2,15-3-7-19(8-4-15)24-13-17-11-22-17)16-5-9-20(10-6-16)25-14-18-12-23-18/h15-20H,3-14H2,1-2H3. The molecule has 2 unspecified atom stereocenters. The molecule has 2 saturated heterocycles. The molecule has 2 nitrogen and oxygen atoms in total. The monoisotopic (exact) mass is 384 g/mol. The van der Waals surface area contributed by atoms with Gasteiger partial charge in [0.2, 0.25) is 0 Å². The molecular weight excluding hydrogens is 348 g/mol. The number of epoxide rings is 2. The van der Waals surface area contributed by atoms with Gasteiger partial charge >= 0.3 is 0 Å². The molecule has 4 fully saturated rings. The van der Waals surface area contributed by atoms with E-state index in [1.807, 2.05) is 0 Å². The van der Waals surface area contributed by atoms with E-state index >= 15 is 0 Å². The fraction of sp³-hybridized carbons (Fsp3) is 1.00. The maximum Gasteiger partial charge on any atom is 0.0900 e. The van der Waals surface area contributed by atoms with Crippen molar-refractivity contribution in [2.24, 2.45) is 17.3 Å². The summed E-state index contributed by atoms with van der Waals surface area (Å²) in [4.78, 5) is 0. The molecular formula is C21H36O2S2. The van der Waals surface area contributed by atoms with Gasteiger partial charge in [-0.2, -0.15) is 23.5 Å². The Morgan fingerprint density at radius 3 is 1.36 bits per heavy atom. The molecule has 0 aromatic rings. The van der Waals surface area contributed by atoms with E-state index in [2.05, 4.69) is 37.4 Å². The van der Waals surface area contributed by atoms with Crippen molar-refractivity contribution < 1.29 is 9.47 Å². The number of thioether (sulfide) groups is 2. The number of hydrogen-bond acceptors (Lipinski definition) is 4. The van der Waals surface area contributed by atoms with Crippen LogP contribution < -0.4 is 0 Å². The molecule has 2 aliphatic heterocycles. The Kier molecular flexibility index (Phi) is 6.31. The quantitative estimate of drug-likeness (QED) is 0.524. The molecule has 0 aromatic carbocycles. The van der Waals surface area contributed by atoms with Crippen LogP contribution in [0.1, 0.15) is 65.2 Å². The van der Waals surface area contributed by atoms with Gasteiger partial charge in [-0.15, -0.1) is 0 Å². The van der Waals surface area contributed by atoms with E-state index in [9.17, 15) is 0 Å². The van der Waals surface area contributed by atoms with Gasteiger partial charge in [-0.3, -0.25) is 0 Å². The summed E-state index contributed by atoms with van der Waals surface area (Å²) >= 11 is 4.38. The average Bonchev–Trinajstić information content (AvgIpc) is 3.54. The molecule has 0 radical (unpaired) electrons. The van der Waals surface area contributed by atoms with E-state index in [-0.39, 0.29) is 0 Å². The smallest absolute Gasteiger partial charge is 0.0900 e. The predicted octanol–water partition coefficient (Wildman–Crippen LogP) is 5.39. The van der Waals surface area contributed by atoms with Gasteiger partial charge in [0.25, 0.3) is 0 Å². The molecule has 144 valence electrons. The third-order valence-electron chi connectivity index (χ3n) is 7.29. The topological polar surface area (TPSA) is 25.1 Å². The van der Waals surface area contributed by atoms with E-state index in [1.165, 1.54) is 62.9 Å². The first kappa shape index (κ1) is 19.0. The van der Waals surface area contributed by atoms with Gasteiger partial charge in [0.05, 0.1) is 25.4 Å². The van der Waals surface area contributed by atoms with Crippen molar-refractivity contribution in [1.82, 2.24) is 0 Å². The Bertz CT molecular complexity index is 380. The maximum absolute atomic E-state index is 5.37. The average molecular weight is 385 g/mol. The van der Waals surface area contributed by atoms with Crippen molar-refractivity contribution in [3.8, 4) is 0 Å². The summed E-state index contributed by atoms with van der Waals surface area (Å²) in [6.07, 6.45) is 12.8. The van der Waals surface area contributed by atoms with Crippen LogP contribution in [0, 0.1) is 17.3 Å². The predicted molar refractivity (Wildman–Crippen MR) is 110 cm³/mol. The van der Waals surface area contributed by atoms with Gasteiger partial charge in [-0.05, 0) is 68.6 Å². The van der Waals surface area contributed by atoms with Gasteiger partial charge in [0, 0.05) is 22.0 Å². The van der Waals surface area contributed by atoms with Crippen LogP contribution in [0.3, 0.4) is 0 Å². The van der Waals surface area contributed by atoms with Crippen molar-refractivity contribution >= 4 is 23.5 Å². The summed E-state index contributed by atoms with van der Waals surface area (Å²) in [6, 6.07) is 0. The van der Waals surface area contributed by atoms with E-state index in [4.69, 9.17) is 9.47 Å². The molecule has 0 N–H and O–H groups in total. The Morgan fingerprint density at radius 2 is 1.04 bits per heavy atom. The lowest BCUT2D eigenvalue weighted by atomic mass is 9.61. The van der Waals surface area contributed by atoms with Crippen LogP contribution >= 0.6 is 23.5 Å². The number of ether oxygens (including phenoxy) is 2. The van der Waals surface area contributed by atoms with Crippen LogP contribution in [-0.4, -0.2) is 47.4 Å². The van der Waals surface area contributed by atoms with Crippen molar-refractivity contribution in [2.45, 2.75) is 87.9 Å². The summed E-state index contributed by atoms with van der Waals surface area (Å²) in [5.74, 6) is 4.39. The molecule has 4 aliphatic rings. The fourth-order valence-electron chi connectivity index (χ4n) is 5.10. The van der Waals surface area contributed by atoms with E-state index in [0.717, 1.165) is 35.5 Å². The third-order valence-corrected chi connectivity index (χ3v) is 10.3. The van der Waals surface area contributed by atoms with E-state index in [1.54, 1.807) is 0 Å². The highest BCUT2D eigenvalue weighted by atomic mass is 32.2. The first-order valence-corrected chi connectivity index (χ1v) is 12.7. The summed E-state index contributed by atoms with van der Waals surface area (Å²) in [5.41, 5.74) is 0.546. The molecule has 0 spiro atoms. The van der Waals surface area contributed by atoms with Crippen LogP contribution in [0.25, 0.3) is 0 Å².